The van der Waals surface area contributed by atoms with Crippen LogP contribution < -0.4 is 19.5 Å². The van der Waals surface area contributed by atoms with Crippen molar-refractivity contribution in [3.63, 3.8) is 0 Å². The third kappa shape index (κ3) is 3.97. The van der Waals surface area contributed by atoms with Gasteiger partial charge in [-0.05, 0) is 18.2 Å². The summed E-state index contributed by atoms with van der Waals surface area (Å²) >= 11 is 0. The molecule has 0 saturated carbocycles. The van der Waals surface area contributed by atoms with Gasteiger partial charge in [-0.25, -0.2) is 0 Å². The number of benzene rings is 2. The second kappa shape index (κ2) is 8.00. The summed E-state index contributed by atoms with van der Waals surface area (Å²) in [5.41, 5.74) is 1.09. The van der Waals surface area contributed by atoms with Gasteiger partial charge in [0.1, 0.15) is 17.7 Å². The zero-order valence-electron chi connectivity index (χ0n) is 14.1. The quantitative estimate of drug-likeness (QED) is 0.445. The van der Waals surface area contributed by atoms with Gasteiger partial charge in [-0.2, -0.15) is 0 Å². The standard InChI is InChI=1S/C17H18N2O6/c1-23-15-8-17(25-3)16(24-2)7-12(15)9-18-13-5-4-11(10-20)6-14(13)19(21)22/h4-8,10,18H,9H2,1-3H3. The van der Waals surface area contributed by atoms with Crippen LogP contribution in [0.1, 0.15) is 15.9 Å². The molecule has 0 aliphatic rings. The number of hydrogen-bond donors (Lipinski definition) is 1. The highest BCUT2D eigenvalue weighted by atomic mass is 16.6. The fourth-order valence-electron chi connectivity index (χ4n) is 2.34. The van der Waals surface area contributed by atoms with E-state index >= 15 is 0 Å². The van der Waals surface area contributed by atoms with Crippen LogP contribution >= 0.6 is 0 Å². The number of carbonyl (C=O) groups excluding carboxylic acids is 1. The Kier molecular flexibility index (Phi) is 5.78. The van der Waals surface area contributed by atoms with Crippen molar-refractivity contribution in [2.75, 3.05) is 26.6 Å². The normalized spacial score (nSPS) is 10.0. The van der Waals surface area contributed by atoms with E-state index in [1.54, 1.807) is 12.1 Å². The molecule has 0 spiro atoms. The van der Waals surface area contributed by atoms with E-state index in [0.29, 0.717) is 29.2 Å². The van der Waals surface area contributed by atoms with Crippen molar-refractivity contribution < 1.29 is 23.9 Å². The van der Waals surface area contributed by atoms with E-state index < -0.39 is 4.92 Å². The second-order valence-corrected chi connectivity index (χ2v) is 5.02. The summed E-state index contributed by atoms with van der Waals surface area (Å²) in [6, 6.07) is 7.64. The number of nitro benzene ring substituents is 1. The molecule has 8 heteroatoms. The lowest BCUT2D eigenvalue weighted by Gasteiger charge is -2.15. The lowest BCUT2D eigenvalue weighted by atomic mass is 10.1. The smallest absolute Gasteiger partial charge is 0.293 e. The van der Waals surface area contributed by atoms with Crippen molar-refractivity contribution >= 4 is 17.7 Å². The first kappa shape index (κ1) is 18.1. The van der Waals surface area contributed by atoms with Crippen molar-refractivity contribution in [2.24, 2.45) is 0 Å². The van der Waals surface area contributed by atoms with Gasteiger partial charge in [0.15, 0.2) is 11.5 Å². The first-order valence-corrected chi connectivity index (χ1v) is 7.30. The van der Waals surface area contributed by atoms with E-state index in [-0.39, 0.29) is 17.8 Å². The molecule has 2 aromatic carbocycles. The number of anilines is 1. The van der Waals surface area contributed by atoms with Gasteiger partial charge in [-0.1, -0.05) is 0 Å². The van der Waals surface area contributed by atoms with Gasteiger partial charge in [0.25, 0.3) is 5.69 Å². The fourth-order valence-corrected chi connectivity index (χ4v) is 2.34. The summed E-state index contributed by atoms with van der Waals surface area (Å²) in [4.78, 5) is 21.5. The van der Waals surface area contributed by atoms with Crippen LogP contribution in [0.5, 0.6) is 17.2 Å². The minimum atomic E-state index is -0.541. The average molecular weight is 346 g/mol. The van der Waals surface area contributed by atoms with E-state index in [0.717, 1.165) is 5.56 Å². The number of hydrogen-bond acceptors (Lipinski definition) is 7. The molecule has 2 aromatic rings. The molecule has 0 fully saturated rings. The summed E-state index contributed by atoms with van der Waals surface area (Å²) in [7, 11) is 4.56. The number of aldehydes is 1. The number of nitrogens with one attached hydrogen (secondary N) is 1. The van der Waals surface area contributed by atoms with Crippen LogP contribution in [-0.2, 0) is 6.54 Å². The Bertz CT molecular complexity index is 791. The van der Waals surface area contributed by atoms with E-state index in [1.807, 2.05) is 0 Å². The van der Waals surface area contributed by atoms with Gasteiger partial charge in [0.05, 0.1) is 26.3 Å². The molecule has 2 rings (SSSR count). The Morgan fingerprint density at radius 2 is 1.68 bits per heavy atom. The van der Waals surface area contributed by atoms with Crippen LogP contribution in [0.2, 0.25) is 0 Å². The van der Waals surface area contributed by atoms with E-state index in [9.17, 15) is 14.9 Å². The highest BCUT2D eigenvalue weighted by molar-refractivity contribution is 5.79. The molecule has 8 nitrogen and oxygen atoms in total. The molecular weight excluding hydrogens is 328 g/mol. The van der Waals surface area contributed by atoms with Gasteiger partial charge in [-0.3, -0.25) is 14.9 Å². The molecule has 0 aliphatic carbocycles. The Balaban J connectivity index is 2.32. The number of nitrogens with zero attached hydrogens (tertiary/aromatic N) is 1. The van der Waals surface area contributed by atoms with Gasteiger partial charge < -0.3 is 19.5 Å². The van der Waals surface area contributed by atoms with Crippen LogP contribution in [0.15, 0.2) is 30.3 Å². The van der Waals surface area contributed by atoms with Crippen molar-refractivity contribution in [3.05, 3.63) is 51.6 Å². The van der Waals surface area contributed by atoms with Crippen molar-refractivity contribution in [2.45, 2.75) is 6.54 Å². The molecule has 0 aromatic heterocycles. The maximum Gasteiger partial charge on any atom is 0.293 e. The first-order valence-electron chi connectivity index (χ1n) is 7.30. The molecule has 25 heavy (non-hydrogen) atoms. The van der Waals surface area contributed by atoms with Gasteiger partial charge in [-0.15, -0.1) is 0 Å². The first-order chi connectivity index (χ1) is 12.0. The number of methoxy groups -OCH3 is 3. The zero-order chi connectivity index (χ0) is 18.4. The Hall–Kier alpha value is -3.29. The number of rotatable bonds is 8. The molecule has 0 saturated heterocycles. The second-order valence-electron chi connectivity index (χ2n) is 5.02. The van der Waals surface area contributed by atoms with Crippen LogP contribution in [0.4, 0.5) is 11.4 Å². The van der Waals surface area contributed by atoms with Crippen molar-refractivity contribution in [1.29, 1.82) is 0 Å². The van der Waals surface area contributed by atoms with E-state index in [2.05, 4.69) is 5.32 Å². The van der Waals surface area contributed by atoms with Crippen molar-refractivity contribution in [1.82, 2.24) is 0 Å². The fraction of sp³-hybridized carbons (Fsp3) is 0.235. The Morgan fingerprint density at radius 3 is 2.24 bits per heavy atom. The number of carbonyl (C=O) groups is 1. The summed E-state index contributed by atoms with van der Waals surface area (Å²) in [6.07, 6.45) is 0.564. The zero-order valence-corrected chi connectivity index (χ0v) is 14.1. The van der Waals surface area contributed by atoms with Crippen LogP contribution in [-0.4, -0.2) is 32.5 Å². The van der Waals surface area contributed by atoms with E-state index in [1.165, 1.54) is 39.5 Å². The van der Waals surface area contributed by atoms with Gasteiger partial charge in [0, 0.05) is 29.8 Å². The highest BCUT2D eigenvalue weighted by Crippen LogP contribution is 2.35. The molecule has 132 valence electrons. The lowest BCUT2D eigenvalue weighted by molar-refractivity contribution is -0.384. The molecule has 0 atom stereocenters. The third-order valence-corrected chi connectivity index (χ3v) is 3.61. The molecular formula is C17H18N2O6. The summed E-state index contributed by atoms with van der Waals surface area (Å²) in [5.74, 6) is 1.59. The molecule has 0 unspecified atom stereocenters. The predicted molar refractivity (Wildman–Crippen MR) is 91.9 cm³/mol. The SMILES string of the molecule is COc1cc(OC)c(OC)cc1CNc1ccc(C=O)cc1[N+](=O)[O-]. The number of ether oxygens (including phenoxy) is 3. The molecule has 0 bridgehead atoms. The topological polar surface area (TPSA) is 99.9 Å². The monoisotopic (exact) mass is 346 g/mol. The molecule has 0 aliphatic heterocycles. The molecule has 1 N–H and O–H groups in total. The maximum atomic E-state index is 11.2. The summed E-state index contributed by atoms with van der Waals surface area (Å²) in [5, 5.41) is 14.2. The van der Waals surface area contributed by atoms with Crippen molar-refractivity contribution in [3.8, 4) is 17.2 Å². The van der Waals surface area contributed by atoms with E-state index in [4.69, 9.17) is 14.2 Å². The minimum Gasteiger partial charge on any atom is -0.496 e. The summed E-state index contributed by atoms with van der Waals surface area (Å²) in [6.45, 7) is 0.255. The van der Waals surface area contributed by atoms with Crippen LogP contribution in [0.3, 0.4) is 0 Å². The van der Waals surface area contributed by atoms with Crippen LogP contribution in [0.25, 0.3) is 0 Å². The largest absolute Gasteiger partial charge is 0.496 e. The highest BCUT2D eigenvalue weighted by Gasteiger charge is 2.16. The molecule has 0 heterocycles. The maximum absolute atomic E-state index is 11.2. The number of nitro groups is 1. The average Bonchev–Trinajstić information content (AvgIpc) is 2.65. The Morgan fingerprint density at radius 1 is 1.04 bits per heavy atom. The third-order valence-electron chi connectivity index (χ3n) is 3.61. The minimum absolute atomic E-state index is 0.177. The lowest BCUT2D eigenvalue weighted by Crippen LogP contribution is -2.05. The molecule has 0 radical (unpaired) electrons. The Labute approximate surface area is 144 Å². The summed E-state index contributed by atoms with van der Waals surface area (Å²) < 4.78 is 15.8. The van der Waals surface area contributed by atoms with Gasteiger partial charge >= 0.3 is 0 Å². The van der Waals surface area contributed by atoms with Crippen LogP contribution in [0, 0.1) is 10.1 Å². The van der Waals surface area contributed by atoms with Gasteiger partial charge in [0.2, 0.25) is 0 Å². The molecule has 0 amide bonds. The predicted octanol–water partition coefficient (Wildman–Crippen LogP) is 3.05.